The Morgan fingerprint density at radius 2 is 2.06 bits per heavy atom. The molecule has 0 bridgehead atoms. The van der Waals surface area contributed by atoms with Gasteiger partial charge in [-0.05, 0) is 66.8 Å². The van der Waals surface area contributed by atoms with Gasteiger partial charge in [0.25, 0.3) is 0 Å². The molecule has 0 fully saturated rings. The van der Waals surface area contributed by atoms with Crippen LogP contribution in [-0.4, -0.2) is 35.2 Å². The molecular weight excluding hydrogens is 612 g/mol. The van der Waals surface area contributed by atoms with Gasteiger partial charge in [-0.1, -0.05) is 11.6 Å². The first-order chi connectivity index (χ1) is 15.6. The van der Waals surface area contributed by atoms with Crippen LogP contribution in [0.25, 0.3) is 17.8 Å². The second kappa shape index (κ2) is 11.2. The highest BCUT2D eigenvalue weighted by molar-refractivity contribution is 14.1. The fourth-order valence-electron chi connectivity index (χ4n) is 2.96. The molecule has 3 aromatic rings. The van der Waals surface area contributed by atoms with E-state index in [0.717, 1.165) is 9.13 Å². The number of pyridine rings is 1. The topological polar surface area (TPSA) is 82.2 Å². The number of halogens is 2. The van der Waals surface area contributed by atoms with Gasteiger partial charge in [-0.3, -0.25) is 9.55 Å². The number of rotatable bonds is 8. The van der Waals surface area contributed by atoms with Crippen molar-refractivity contribution in [1.82, 2.24) is 19.3 Å². The Kier molecular flexibility index (Phi) is 9.10. The minimum atomic E-state index is -0.348. The molecule has 0 spiro atoms. The number of hydrogen-bond donors (Lipinski definition) is 1. The fraction of sp³-hybridized carbons (Fsp3) is 0.286. The van der Waals surface area contributed by atoms with Crippen LogP contribution >= 0.6 is 61.9 Å². The fourth-order valence-corrected chi connectivity index (χ4v) is 4.07. The predicted molar refractivity (Wildman–Crippen MR) is 152 cm³/mol. The third-order valence-corrected chi connectivity index (χ3v) is 7.51. The molecule has 0 amide bonds. The molecule has 0 radical (unpaired) electrons. The Morgan fingerprint density at radius 3 is 2.64 bits per heavy atom. The van der Waals surface area contributed by atoms with E-state index in [0.29, 0.717) is 34.5 Å². The van der Waals surface area contributed by atoms with Gasteiger partial charge in [0.2, 0.25) is 0 Å². The highest BCUT2D eigenvalue weighted by Crippen LogP contribution is 2.41. The first-order valence-electron chi connectivity index (χ1n) is 10.0. The van der Waals surface area contributed by atoms with Crippen molar-refractivity contribution < 1.29 is 9.84 Å². The summed E-state index contributed by atoms with van der Waals surface area (Å²) in [5.74, 6) is 0.878. The van der Waals surface area contributed by atoms with Crippen molar-refractivity contribution in [3.8, 4) is 11.4 Å². The Morgan fingerprint density at radius 1 is 1.33 bits per heavy atom. The van der Waals surface area contributed by atoms with Gasteiger partial charge in [-0.25, -0.2) is 4.79 Å². The quantitative estimate of drug-likeness (QED) is 0.293. The highest BCUT2D eigenvalue weighted by Gasteiger charge is 2.24. The van der Waals surface area contributed by atoms with Gasteiger partial charge in [0.15, 0.2) is 5.82 Å². The van der Waals surface area contributed by atoms with Crippen LogP contribution in [0.4, 0.5) is 0 Å². The minimum Gasteiger partial charge on any atom is -0.488 e. The van der Waals surface area contributed by atoms with E-state index in [1.807, 2.05) is 32.1 Å². The molecule has 1 aromatic carbocycles. The maximum Gasteiger partial charge on any atom is 0.350 e. The summed E-state index contributed by atoms with van der Waals surface area (Å²) in [4.78, 5) is 17.2. The van der Waals surface area contributed by atoms with E-state index in [9.17, 15) is 9.90 Å². The zero-order valence-corrected chi connectivity index (χ0v) is 24.5. The van der Waals surface area contributed by atoms with E-state index in [2.05, 4.69) is 60.4 Å². The van der Waals surface area contributed by atoms with Gasteiger partial charge < -0.3 is 9.84 Å². The molecular formula is C21H25ClIN4O3P3. The summed E-state index contributed by atoms with van der Waals surface area (Å²) in [6, 6.07) is 7.26. The van der Waals surface area contributed by atoms with Crippen LogP contribution in [0, 0.1) is 3.57 Å². The van der Waals surface area contributed by atoms with Crippen molar-refractivity contribution in [1.29, 1.82) is 0 Å². The van der Waals surface area contributed by atoms with E-state index in [1.165, 1.54) is 9.25 Å². The van der Waals surface area contributed by atoms with Crippen molar-refractivity contribution in [2.75, 3.05) is 0 Å². The van der Waals surface area contributed by atoms with E-state index in [4.69, 9.17) is 16.3 Å². The normalized spacial score (nSPS) is 13.0. The first-order valence-corrected chi connectivity index (χ1v) is 13.2. The number of hydrogen-bond acceptors (Lipinski definition) is 5. The number of benzene rings is 1. The van der Waals surface area contributed by atoms with Crippen molar-refractivity contribution in [3.63, 3.8) is 0 Å². The van der Waals surface area contributed by atoms with Crippen molar-refractivity contribution >= 4 is 74.1 Å². The zero-order valence-electron chi connectivity index (χ0n) is 18.1. The largest absolute Gasteiger partial charge is 0.488 e. The van der Waals surface area contributed by atoms with E-state index in [-0.39, 0.29) is 23.0 Å². The molecule has 0 aliphatic heterocycles. The van der Waals surface area contributed by atoms with Crippen LogP contribution in [0.15, 0.2) is 35.3 Å². The lowest BCUT2D eigenvalue weighted by Crippen LogP contribution is -2.27. The summed E-state index contributed by atoms with van der Waals surface area (Å²) in [5.41, 5.74) is 1.69. The molecule has 7 nitrogen and oxygen atoms in total. The van der Waals surface area contributed by atoms with Gasteiger partial charge in [0.05, 0.1) is 16.4 Å². The van der Waals surface area contributed by atoms with Gasteiger partial charge in [0.1, 0.15) is 18.5 Å². The SMILES string of the molecule is CCn1c(CO)nn(-c2cc(O[C@@H](C)C(P)(P)P)c(/C=C/c3ncccc3Cl)cc2I)c1=O. The summed E-state index contributed by atoms with van der Waals surface area (Å²) < 4.78 is 9.49. The Bertz CT molecular complexity index is 1240. The molecule has 12 heteroatoms. The Labute approximate surface area is 218 Å². The summed E-state index contributed by atoms with van der Waals surface area (Å²) in [6.07, 6.45) is 5.17. The summed E-state index contributed by atoms with van der Waals surface area (Å²) >= 11 is 8.41. The van der Waals surface area contributed by atoms with Crippen LogP contribution in [0.2, 0.25) is 5.02 Å². The minimum absolute atomic E-state index is 0.214. The first kappa shape index (κ1) is 26.7. The van der Waals surface area contributed by atoms with Crippen LogP contribution < -0.4 is 10.4 Å². The summed E-state index contributed by atoms with van der Waals surface area (Å²) in [6.45, 7) is 3.87. The zero-order chi connectivity index (χ0) is 24.3. The average Bonchev–Trinajstić information content (AvgIpc) is 3.09. The van der Waals surface area contributed by atoms with Crippen molar-refractivity contribution in [2.24, 2.45) is 0 Å². The molecule has 1 N–H and O–H groups in total. The second-order valence-corrected chi connectivity index (χ2v) is 13.9. The average molecular weight is 637 g/mol. The van der Waals surface area contributed by atoms with Gasteiger partial charge in [-0.2, -0.15) is 4.68 Å². The second-order valence-electron chi connectivity index (χ2n) is 7.32. The van der Waals surface area contributed by atoms with E-state index < -0.39 is 0 Å². The van der Waals surface area contributed by atoms with Crippen LogP contribution in [0.3, 0.4) is 0 Å². The lowest BCUT2D eigenvalue weighted by Gasteiger charge is -2.28. The predicted octanol–water partition coefficient (Wildman–Crippen LogP) is 4.42. The molecule has 0 aliphatic rings. The van der Waals surface area contributed by atoms with Gasteiger partial charge in [0, 0.05) is 32.6 Å². The Balaban J connectivity index is 2.15. The number of aliphatic hydroxyl groups excluding tert-OH is 1. The standard InChI is InChI=1S/C21H25ClIN4O3P3/c1-3-26-19(11-28)25-27(20(26)29)17-10-18(30-12(2)21(31,32)33)13(9-15(17)23)6-7-16-14(22)5-4-8-24-16/h4-10,12,28H,3,11,31-33H2,1-2H3/b7-6+/t12-/m0/s1. The highest BCUT2D eigenvalue weighted by atomic mass is 127. The third kappa shape index (κ3) is 6.22. The van der Waals surface area contributed by atoms with E-state index >= 15 is 0 Å². The third-order valence-electron chi connectivity index (χ3n) is 4.92. The molecule has 0 aliphatic carbocycles. The number of aliphatic hydroxyl groups is 1. The smallest absolute Gasteiger partial charge is 0.350 e. The number of ether oxygens (including phenoxy) is 1. The van der Waals surface area contributed by atoms with Gasteiger partial charge >= 0.3 is 5.69 Å². The van der Waals surface area contributed by atoms with Crippen molar-refractivity contribution in [3.05, 3.63) is 66.6 Å². The Hall–Kier alpha value is -0.880. The monoisotopic (exact) mass is 636 g/mol. The summed E-state index contributed by atoms with van der Waals surface area (Å²) in [7, 11) is 8.17. The maximum absolute atomic E-state index is 12.9. The molecule has 0 saturated heterocycles. The number of nitrogens with zero attached hydrogens (tertiary/aromatic N) is 4. The van der Waals surface area contributed by atoms with Crippen LogP contribution in [0.1, 0.15) is 30.9 Å². The van der Waals surface area contributed by atoms with E-state index in [1.54, 1.807) is 24.4 Å². The molecule has 3 rings (SSSR count). The maximum atomic E-state index is 12.9. The molecule has 2 aromatic heterocycles. The molecule has 3 unspecified atom stereocenters. The van der Waals surface area contributed by atoms with Gasteiger partial charge in [-0.15, -0.1) is 32.8 Å². The van der Waals surface area contributed by atoms with Crippen LogP contribution in [-0.2, 0) is 13.2 Å². The van der Waals surface area contributed by atoms with Crippen LogP contribution in [0.5, 0.6) is 5.75 Å². The summed E-state index contributed by atoms with van der Waals surface area (Å²) in [5, 5.41) is 14.5. The van der Waals surface area contributed by atoms with Crippen molar-refractivity contribution in [2.45, 2.75) is 37.7 Å². The molecule has 33 heavy (non-hydrogen) atoms. The lowest BCUT2D eigenvalue weighted by molar-refractivity contribution is 0.230. The number of aromatic nitrogens is 4. The lowest BCUT2D eigenvalue weighted by atomic mass is 10.1. The molecule has 4 atom stereocenters. The molecule has 0 saturated carbocycles. The molecule has 2 heterocycles. The molecule has 176 valence electrons.